The van der Waals surface area contributed by atoms with Crippen molar-refractivity contribution in [2.45, 2.75) is 39.2 Å². The summed E-state index contributed by atoms with van der Waals surface area (Å²) < 4.78 is 0. The Hall–Kier alpha value is -2.11. The van der Waals surface area contributed by atoms with Gasteiger partial charge in [-0.2, -0.15) is 0 Å². The number of hydrogen-bond donors (Lipinski definition) is 1. The minimum Gasteiger partial charge on any atom is -0.478 e. The smallest absolute Gasteiger partial charge is 0.337 e. The number of nitrogens with zero attached hydrogens (tertiary/aromatic N) is 2. The van der Waals surface area contributed by atoms with E-state index in [-0.39, 0.29) is 11.3 Å². The molecule has 1 saturated carbocycles. The van der Waals surface area contributed by atoms with E-state index in [0.29, 0.717) is 17.6 Å². The summed E-state index contributed by atoms with van der Waals surface area (Å²) in [6.07, 6.45) is 2.96. The molecule has 0 atom stereocenters. The van der Waals surface area contributed by atoms with Crippen LogP contribution in [0.1, 0.15) is 43.5 Å². The van der Waals surface area contributed by atoms with Crippen LogP contribution in [0.5, 0.6) is 0 Å². The fourth-order valence-corrected chi connectivity index (χ4v) is 2.34. The van der Waals surface area contributed by atoms with Gasteiger partial charge in [-0.3, -0.25) is 10.1 Å². The molecule has 1 aliphatic carbocycles. The number of nitro benzene ring substituents is 1. The number of carboxylic acid groups (broad SMARTS) is 1. The van der Waals surface area contributed by atoms with Crippen LogP contribution in [0.3, 0.4) is 0 Å². The molecule has 1 N–H and O–H groups in total. The number of carboxylic acids is 1. The fourth-order valence-electron chi connectivity index (χ4n) is 2.34. The van der Waals surface area contributed by atoms with Crippen LogP contribution in [0, 0.1) is 16.0 Å². The summed E-state index contributed by atoms with van der Waals surface area (Å²) in [6.45, 7) is 4.94. The first-order valence-corrected chi connectivity index (χ1v) is 7.18. The molecule has 21 heavy (non-hydrogen) atoms. The Labute approximate surface area is 123 Å². The van der Waals surface area contributed by atoms with Crippen LogP contribution in [-0.2, 0) is 0 Å². The number of nitro groups is 1. The van der Waals surface area contributed by atoms with Crippen LogP contribution in [-0.4, -0.2) is 28.6 Å². The quantitative estimate of drug-likeness (QED) is 0.615. The Kier molecular flexibility index (Phi) is 4.45. The second-order valence-electron chi connectivity index (χ2n) is 5.87. The lowest BCUT2D eigenvalue weighted by atomic mass is 10.1. The molecule has 0 unspecified atom stereocenters. The van der Waals surface area contributed by atoms with Gasteiger partial charge in [-0.25, -0.2) is 4.79 Å². The van der Waals surface area contributed by atoms with Gasteiger partial charge in [0, 0.05) is 24.7 Å². The average Bonchev–Trinajstić information content (AvgIpc) is 3.22. The van der Waals surface area contributed by atoms with Crippen molar-refractivity contribution in [1.82, 2.24) is 0 Å². The first kappa shape index (κ1) is 15.3. The van der Waals surface area contributed by atoms with Gasteiger partial charge in [0.05, 0.1) is 16.2 Å². The van der Waals surface area contributed by atoms with E-state index >= 15 is 0 Å². The fraction of sp³-hybridized carbons (Fsp3) is 0.533. The Bertz CT molecular complexity index is 553. The highest BCUT2D eigenvalue weighted by Crippen LogP contribution is 2.36. The molecule has 0 radical (unpaired) electrons. The highest BCUT2D eigenvalue weighted by Gasteiger charge is 2.32. The molecule has 0 amide bonds. The van der Waals surface area contributed by atoms with Crippen LogP contribution in [0.2, 0.25) is 0 Å². The SMILES string of the molecule is CC(C)CCN(c1cc([N+](=O)[O-])ccc1C(=O)O)C1CC1. The van der Waals surface area contributed by atoms with Gasteiger partial charge in [-0.1, -0.05) is 13.8 Å². The lowest BCUT2D eigenvalue weighted by molar-refractivity contribution is -0.384. The topological polar surface area (TPSA) is 83.7 Å². The third-order valence-electron chi connectivity index (χ3n) is 3.67. The molecule has 0 aromatic heterocycles. The number of rotatable bonds is 7. The lowest BCUT2D eigenvalue weighted by Crippen LogP contribution is -2.29. The maximum atomic E-state index is 11.4. The van der Waals surface area contributed by atoms with Gasteiger partial charge in [0.15, 0.2) is 0 Å². The van der Waals surface area contributed by atoms with E-state index in [1.807, 2.05) is 4.90 Å². The van der Waals surface area contributed by atoms with Crippen molar-refractivity contribution in [2.75, 3.05) is 11.4 Å². The zero-order valence-corrected chi connectivity index (χ0v) is 12.3. The Morgan fingerprint density at radius 3 is 2.62 bits per heavy atom. The number of aromatic carboxylic acids is 1. The number of benzene rings is 1. The zero-order chi connectivity index (χ0) is 15.6. The second kappa shape index (κ2) is 6.11. The summed E-state index contributed by atoms with van der Waals surface area (Å²) in [7, 11) is 0. The number of carbonyl (C=O) groups is 1. The minimum absolute atomic E-state index is 0.0646. The Morgan fingerprint density at radius 2 is 2.14 bits per heavy atom. The van der Waals surface area contributed by atoms with E-state index in [1.54, 1.807) is 0 Å². The average molecular weight is 292 g/mol. The molecule has 0 heterocycles. The molecule has 0 bridgehead atoms. The largest absolute Gasteiger partial charge is 0.478 e. The maximum Gasteiger partial charge on any atom is 0.337 e. The minimum atomic E-state index is -1.05. The molecular formula is C15H20N2O4. The lowest BCUT2D eigenvalue weighted by Gasteiger charge is -2.26. The predicted molar refractivity (Wildman–Crippen MR) is 79.9 cm³/mol. The van der Waals surface area contributed by atoms with Crippen molar-refractivity contribution in [3.8, 4) is 0 Å². The normalized spacial score (nSPS) is 14.2. The molecule has 0 spiro atoms. The van der Waals surface area contributed by atoms with Gasteiger partial charge in [0.1, 0.15) is 0 Å². The van der Waals surface area contributed by atoms with E-state index < -0.39 is 10.9 Å². The first-order valence-electron chi connectivity index (χ1n) is 7.18. The molecule has 0 saturated heterocycles. The zero-order valence-electron chi connectivity index (χ0n) is 12.3. The highest BCUT2D eigenvalue weighted by molar-refractivity contribution is 5.95. The second-order valence-corrected chi connectivity index (χ2v) is 5.87. The monoisotopic (exact) mass is 292 g/mol. The molecule has 1 aliphatic rings. The molecule has 6 heteroatoms. The van der Waals surface area contributed by atoms with Gasteiger partial charge in [0.2, 0.25) is 0 Å². The van der Waals surface area contributed by atoms with Gasteiger partial charge < -0.3 is 10.0 Å². The van der Waals surface area contributed by atoms with E-state index in [9.17, 15) is 20.0 Å². The van der Waals surface area contributed by atoms with E-state index in [1.165, 1.54) is 18.2 Å². The molecule has 1 aromatic carbocycles. The standard InChI is InChI=1S/C15H20N2O4/c1-10(2)7-8-16(11-3-4-11)14-9-12(17(20)21)5-6-13(14)15(18)19/h5-6,9-11H,3-4,7-8H2,1-2H3,(H,18,19). The van der Waals surface area contributed by atoms with E-state index in [0.717, 1.165) is 25.8 Å². The number of anilines is 1. The van der Waals surface area contributed by atoms with Gasteiger partial charge in [-0.15, -0.1) is 0 Å². The predicted octanol–water partition coefficient (Wildman–Crippen LogP) is 3.31. The van der Waals surface area contributed by atoms with Crippen molar-refractivity contribution < 1.29 is 14.8 Å². The molecule has 1 fully saturated rings. The molecule has 1 aromatic rings. The van der Waals surface area contributed by atoms with Crippen LogP contribution < -0.4 is 4.90 Å². The van der Waals surface area contributed by atoms with E-state index in [4.69, 9.17) is 0 Å². The Morgan fingerprint density at radius 1 is 1.48 bits per heavy atom. The van der Waals surface area contributed by atoms with Crippen LogP contribution in [0.15, 0.2) is 18.2 Å². The molecule has 0 aliphatic heterocycles. The van der Waals surface area contributed by atoms with Gasteiger partial charge in [0.25, 0.3) is 5.69 Å². The maximum absolute atomic E-state index is 11.4. The summed E-state index contributed by atoms with van der Waals surface area (Å²) in [5, 5.41) is 20.3. The summed E-state index contributed by atoms with van der Waals surface area (Å²) in [5.74, 6) is -0.548. The first-order chi connectivity index (χ1) is 9.90. The van der Waals surface area contributed by atoms with Gasteiger partial charge >= 0.3 is 5.97 Å². The van der Waals surface area contributed by atoms with Crippen LogP contribution in [0.4, 0.5) is 11.4 Å². The van der Waals surface area contributed by atoms with Crippen LogP contribution >= 0.6 is 0 Å². The van der Waals surface area contributed by atoms with Crippen molar-refractivity contribution in [1.29, 1.82) is 0 Å². The summed E-state index contributed by atoms with van der Waals surface area (Å²) in [6, 6.07) is 4.28. The van der Waals surface area contributed by atoms with Crippen molar-refractivity contribution >= 4 is 17.3 Å². The number of non-ortho nitro benzene ring substituents is 1. The van der Waals surface area contributed by atoms with Gasteiger partial charge in [-0.05, 0) is 31.2 Å². The van der Waals surface area contributed by atoms with Crippen molar-refractivity contribution in [3.63, 3.8) is 0 Å². The third-order valence-corrected chi connectivity index (χ3v) is 3.67. The molecule has 6 nitrogen and oxygen atoms in total. The molecule has 2 rings (SSSR count). The molecule has 114 valence electrons. The van der Waals surface area contributed by atoms with Crippen molar-refractivity contribution in [3.05, 3.63) is 33.9 Å². The highest BCUT2D eigenvalue weighted by atomic mass is 16.6. The number of hydrogen-bond acceptors (Lipinski definition) is 4. The molecular weight excluding hydrogens is 272 g/mol. The summed E-state index contributed by atoms with van der Waals surface area (Å²) in [4.78, 5) is 23.9. The summed E-state index contributed by atoms with van der Waals surface area (Å²) >= 11 is 0. The Balaban J connectivity index is 2.38. The van der Waals surface area contributed by atoms with Crippen LogP contribution in [0.25, 0.3) is 0 Å². The summed E-state index contributed by atoms with van der Waals surface area (Å²) in [5.41, 5.74) is 0.543. The third kappa shape index (κ3) is 3.71. The van der Waals surface area contributed by atoms with E-state index in [2.05, 4.69) is 13.8 Å². The van der Waals surface area contributed by atoms with Crippen molar-refractivity contribution in [2.24, 2.45) is 5.92 Å².